The fraction of sp³-hybridized carbons (Fsp3) is 0.383. The van der Waals surface area contributed by atoms with Crippen LogP contribution in [0, 0.1) is 0 Å². The van der Waals surface area contributed by atoms with Crippen LogP contribution < -0.4 is 34.4 Å². The summed E-state index contributed by atoms with van der Waals surface area (Å²) in [5.41, 5.74) is 85.6. The maximum atomic E-state index is 10.5. The van der Waals surface area contributed by atoms with Crippen LogP contribution in [0.3, 0.4) is 0 Å². The van der Waals surface area contributed by atoms with Crippen molar-refractivity contribution >= 4 is 58.5 Å². The number of azide groups is 6. The fourth-order valence-corrected chi connectivity index (χ4v) is 7.72. The third kappa shape index (κ3) is 34.7. The van der Waals surface area contributed by atoms with Crippen molar-refractivity contribution in [3.05, 3.63) is 195 Å². The molecule has 0 saturated heterocycles. The molecule has 488 valence electrons. The van der Waals surface area contributed by atoms with E-state index in [-0.39, 0.29) is 70.7 Å². The zero-order chi connectivity index (χ0) is 69.0. The maximum Gasteiger partial charge on any atom is 0.320 e. The first-order valence-electron chi connectivity index (χ1n) is 25.5. The van der Waals surface area contributed by atoms with Crippen molar-refractivity contribution in [2.45, 2.75) is 114 Å². The minimum atomic E-state index is -1.10. The zero-order valence-electron chi connectivity index (χ0n) is 47.8. The number of oxazole rings is 1. The summed E-state index contributed by atoms with van der Waals surface area (Å²) in [6.45, 7) is 0.865. The van der Waals surface area contributed by atoms with Gasteiger partial charge in [-0.05, 0) is 86.3 Å². The van der Waals surface area contributed by atoms with Gasteiger partial charge in [0.2, 0.25) is 0 Å². The molecule has 6 aromatic rings. The van der Waals surface area contributed by atoms with Gasteiger partial charge >= 0.3 is 35.8 Å². The summed E-state index contributed by atoms with van der Waals surface area (Å²) < 4.78 is 9.71. The molecule has 0 fully saturated rings. The van der Waals surface area contributed by atoms with Crippen LogP contribution in [-0.4, -0.2) is 128 Å². The molecule has 0 radical (unpaired) electrons. The van der Waals surface area contributed by atoms with Crippen LogP contribution in [0.25, 0.3) is 62.7 Å². The number of carboxylic acid groups (broad SMARTS) is 6. The van der Waals surface area contributed by atoms with Crippen LogP contribution in [0.15, 0.2) is 105 Å². The van der Waals surface area contributed by atoms with Gasteiger partial charge in [0, 0.05) is 95.3 Å². The van der Waals surface area contributed by atoms with Gasteiger partial charge in [0.1, 0.15) is 54.8 Å². The highest BCUT2D eigenvalue weighted by molar-refractivity contribution is 7.10. The normalized spacial score (nSPS) is 11.7. The molecule has 45 heteroatoms. The van der Waals surface area contributed by atoms with Gasteiger partial charge in [0.25, 0.3) is 0 Å². The van der Waals surface area contributed by atoms with Crippen LogP contribution in [0.2, 0.25) is 0 Å². The summed E-state index contributed by atoms with van der Waals surface area (Å²) in [6, 6.07) is 4.38. The van der Waals surface area contributed by atoms with E-state index in [1.165, 1.54) is 35.0 Å². The predicted molar refractivity (Wildman–Crippen MR) is 321 cm³/mol. The third-order valence-corrected chi connectivity index (χ3v) is 12.3. The molecule has 0 aromatic carbocycles. The van der Waals surface area contributed by atoms with E-state index in [4.69, 9.17) is 107 Å². The van der Waals surface area contributed by atoms with E-state index in [9.17, 15) is 28.8 Å². The van der Waals surface area contributed by atoms with E-state index in [1.807, 2.05) is 11.4 Å². The van der Waals surface area contributed by atoms with E-state index in [2.05, 4.69) is 85.2 Å². The van der Waals surface area contributed by atoms with Crippen LogP contribution >= 0.6 is 22.7 Å². The maximum absolute atomic E-state index is 10.5. The molecule has 6 atom stereocenters. The molecule has 0 aliphatic heterocycles. The molecule has 6 rings (SSSR count). The molecule has 18 N–H and O–H groups in total. The molecule has 0 aliphatic rings. The Balaban J connectivity index is 0.000000552. The lowest BCUT2D eigenvalue weighted by Gasteiger charge is -2.06. The highest BCUT2D eigenvalue weighted by Gasteiger charge is 2.18. The summed E-state index contributed by atoms with van der Waals surface area (Å²) in [6.07, 6.45) is 5.39. The lowest BCUT2D eigenvalue weighted by Crippen LogP contribution is -2.32. The van der Waals surface area contributed by atoms with Crippen molar-refractivity contribution in [3.8, 4) is 0 Å². The average Bonchev–Trinajstić information content (AvgIpc) is 2.91. The van der Waals surface area contributed by atoms with Gasteiger partial charge < -0.3 is 74.0 Å². The van der Waals surface area contributed by atoms with Crippen molar-refractivity contribution in [3.63, 3.8) is 0 Å². The highest BCUT2D eigenvalue weighted by atomic mass is 32.1. The third-order valence-electron chi connectivity index (χ3n) is 10.5. The molecule has 6 heterocycles. The lowest BCUT2D eigenvalue weighted by atomic mass is 10.1. The molecule has 92 heavy (non-hydrogen) atoms. The Labute approximate surface area is 524 Å². The number of nitrogens with two attached hydrogens (primary N) is 6. The van der Waals surface area contributed by atoms with Crippen LogP contribution in [0.1, 0.15) is 66.7 Å². The lowest BCUT2D eigenvalue weighted by molar-refractivity contribution is -0.139. The first-order chi connectivity index (χ1) is 43.8. The molecule has 0 spiro atoms. The monoisotopic (exact) mass is 1320 g/mol. The van der Waals surface area contributed by atoms with Gasteiger partial charge in [-0.25, -0.2) is 9.97 Å². The Bertz CT molecular complexity index is 3270. The van der Waals surface area contributed by atoms with Crippen molar-refractivity contribution in [2.75, 3.05) is 0 Å². The quantitative estimate of drug-likeness (QED) is 0.0160. The number of aromatic nitrogens is 5. The van der Waals surface area contributed by atoms with Crippen LogP contribution in [-0.2, 0) is 107 Å². The van der Waals surface area contributed by atoms with Crippen LogP contribution in [0.4, 0.5) is 0 Å². The fourth-order valence-electron chi connectivity index (χ4n) is 6.18. The van der Waals surface area contributed by atoms with E-state index in [0.29, 0.717) is 57.8 Å². The average molecular weight is 1320 g/mol. The van der Waals surface area contributed by atoms with Gasteiger partial charge in [0.05, 0.1) is 54.8 Å². The van der Waals surface area contributed by atoms with E-state index in [0.717, 1.165) is 16.0 Å². The van der Waals surface area contributed by atoms with E-state index in [1.54, 1.807) is 42.0 Å². The summed E-state index contributed by atoms with van der Waals surface area (Å²) in [7, 11) is 0. The number of nitrogens with zero attached hydrogens (tertiary/aromatic N) is 23. The number of hydrogen-bond acceptors (Lipinski definition) is 27. The smallest absolute Gasteiger partial charge is 0.320 e. The van der Waals surface area contributed by atoms with Gasteiger partial charge in [0.15, 0.2) is 5.89 Å². The van der Waals surface area contributed by atoms with E-state index >= 15 is 0 Å². The Morgan fingerprint density at radius 2 is 0.913 bits per heavy atom. The second-order valence-corrected chi connectivity index (χ2v) is 19.7. The summed E-state index contributed by atoms with van der Waals surface area (Å²) in [4.78, 5) is 95.4. The summed E-state index contributed by atoms with van der Waals surface area (Å²) >= 11 is 2.75. The van der Waals surface area contributed by atoms with Crippen LogP contribution in [0.5, 0.6) is 0 Å². The van der Waals surface area contributed by atoms with Gasteiger partial charge in [-0.2, -0.15) is 0 Å². The number of rotatable bonds is 30. The number of hydrogen-bond donors (Lipinski definition) is 12. The number of thiazole rings is 1. The number of carbonyl (C=O) groups is 6. The zero-order valence-corrected chi connectivity index (χ0v) is 49.4. The number of thiophene rings is 1. The number of pyridine rings is 2. The van der Waals surface area contributed by atoms with Gasteiger partial charge in [-0.3, -0.25) is 38.7 Å². The highest BCUT2D eigenvalue weighted by Crippen LogP contribution is 2.18. The molecule has 0 saturated carbocycles. The summed E-state index contributed by atoms with van der Waals surface area (Å²) in [5, 5.41) is 79.4. The number of carboxylic acids is 6. The Kier molecular flexibility index (Phi) is 38.3. The standard InChI is InChI=1S/2C9H11N5O2.C8H10N4O2S.2C7H9N5O3.C7H9N5O2S/c10-8(9(15)16)2-6-1-7(4-12-3-6)5-13-14-11;10-8(9(15)16)4-6-2-1-3-7(13-6)5-12-14-11;9-7(8(13)14)2-5-1-6(15-4-5)3-11-12-10;8-5(7(13)14)1-4-3-15-6(11-4)2-10-12-9;8-6(7(13)14)2-4-1-5(15-11-4)3-10-12-9;8-5(7(13)14)1-4-3-15-6(11-4)2-10-12-9/h1,3-4,8H,2,5,10H2,(H,15,16);1-3,8H,4-5,10H2,(H,15,16);1,4,7H,2-3,9H2,(H,13,14);3,5H,1-2,8H2,(H,13,14);1,6H,2-3,8H2,(H,13,14);3,5H,1-2,8H2,(H,13,14)/t2*8-;7-;5-;6-;5-/m000000/s1. The second-order valence-electron chi connectivity index (χ2n) is 17.7. The molecule has 0 bridgehead atoms. The molecular formula is C47H59N29O14S2. The second kappa shape index (κ2) is 44.9. The van der Waals surface area contributed by atoms with E-state index < -0.39 is 72.1 Å². The Hall–Kier alpha value is -11.5. The topological polar surface area (TPSA) is 763 Å². The first-order valence-corrected chi connectivity index (χ1v) is 27.3. The summed E-state index contributed by atoms with van der Waals surface area (Å²) in [5.74, 6) is -5.79. The van der Waals surface area contributed by atoms with Crippen molar-refractivity contribution in [1.82, 2.24) is 25.1 Å². The minimum absolute atomic E-state index is 0.00118. The number of aliphatic carboxylic acids is 6. The largest absolute Gasteiger partial charge is 0.480 e. The molecule has 0 aliphatic carbocycles. The Morgan fingerprint density at radius 3 is 1.48 bits per heavy atom. The molecular weight excluding hydrogens is 1260 g/mol. The SMILES string of the molecule is [N-]=[N+]=NCc1cc(C[C@H](N)C(=O)O)cs1.[N-]=[N+]=NCc1cc(C[C@H](N)C(=O)O)no1.[N-]=[N+]=NCc1cccc(C[C@H](N)C(=O)O)n1.[N-]=[N+]=NCc1cncc(C[C@H](N)C(=O)O)c1.[N-]=[N+]=NCc1nc(C[C@H](N)C(=O)O)co1.[N-]=[N+]=NCc1nc(C[C@H](N)C(=O)O)cs1. The van der Waals surface area contributed by atoms with Crippen molar-refractivity contribution in [2.24, 2.45) is 65.1 Å². The van der Waals surface area contributed by atoms with Crippen molar-refractivity contribution < 1.29 is 68.3 Å². The van der Waals surface area contributed by atoms with Crippen molar-refractivity contribution in [1.29, 1.82) is 0 Å². The molecule has 0 amide bonds. The molecule has 6 aromatic heterocycles. The molecule has 0 unspecified atom stereocenters. The van der Waals surface area contributed by atoms with Gasteiger partial charge in [-0.15, -0.1) is 22.7 Å². The first kappa shape index (κ1) is 78.5. The molecule has 43 nitrogen and oxygen atoms in total. The predicted octanol–water partition coefficient (Wildman–Crippen LogP) is 4.99. The minimum Gasteiger partial charge on any atom is -0.480 e. The Morgan fingerprint density at radius 1 is 0.457 bits per heavy atom. The van der Waals surface area contributed by atoms with Gasteiger partial charge in [-0.1, -0.05) is 48.0 Å².